The number of amides is 2. The molecule has 2 amide bonds. The van der Waals surface area contributed by atoms with Crippen molar-refractivity contribution in [3.8, 4) is 0 Å². The van der Waals surface area contributed by atoms with E-state index in [-0.39, 0.29) is 31.0 Å². The van der Waals surface area contributed by atoms with E-state index in [9.17, 15) is 14.4 Å². The lowest BCUT2D eigenvalue weighted by Crippen LogP contribution is -2.46. The van der Waals surface area contributed by atoms with Gasteiger partial charge in [-0.2, -0.15) is 0 Å². The van der Waals surface area contributed by atoms with E-state index in [1.165, 1.54) is 18.4 Å². The van der Waals surface area contributed by atoms with Crippen molar-refractivity contribution >= 4 is 40.2 Å². The predicted octanol–water partition coefficient (Wildman–Crippen LogP) is 3.34. The summed E-state index contributed by atoms with van der Waals surface area (Å²) in [5.41, 5.74) is 2.33. The van der Waals surface area contributed by atoms with Crippen LogP contribution in [0.5, 0.6) is 0 Å². The fourth-order valence-corrected chi connectivity index (χ4v) is 5.36. The molecule has 5 rings (SSSR count). The third-order valence-electron chi connectivity index (χ3n) is 6.67. The first-order chi connectivity index (χ1) is 19.0. The number of hydrogen-bond donors (Lipinski definition) is 1. The van der Waals surface area contributed by atoms with Gasteiger partial charge >= 0.3 is 5.97 Å². The number of nitrogens with zero attached hydrogens (tertiary/aromatic N) is 4. The smallest absolute Gasteiger partial charge is 0.337 e. The zero-order chi connectivity index (χ0) is 27.2. The summed E-state index contributed by atoms with van der Waals surface area (Å²) < 4.78 is 12.0. The molecule has 0 saturated carbocycles. The number of ether oxygens (including phenoxy) is 2. The normalized spacial score (nSPS) is 15.7. The van der Waals surface area contributed by atoms with E-state index in [2.05, 4.69) is 15.6 Å². The number of fused-ring (bicyclic) bond motifs is 1. The molecule has 202 valence electrons. The number of para-hydroxylation sites is 1. The molecule has 0 unspecified atom stereocenters. The van der Waals surface area contributed by atoms with Crippen LogP contribution in [-0.2, 0) is 32.2 Å². The van der Waals surface area contributed by atoms with Crippen LogP contribution in [0.15, 0.2) is 66.0 Å². The van der Waals surface area contributed by atoms with Crippen LogP contribution in [0.2, 0.25) is 0 Å². The Balaban J connectivity index is 1.48. The van der Waals surface area contributed by atoms with Crippen LogP contribution in [0.1, 0.15) is 39.7 Å². The van der Waals surface area contributed by atoms with Gasteiger partial charge in [-0.25, -0.2) is 9.48 Å². The minimum absolute atomic E-state index is 0.0562. The summed E-state index contributed by atoms with van der Waals surface area (Å²) in [5.74, 6) is -1.11. The van der Waals surface area contributed by atoms with Gasteiger partial charge in [0.05, 0.1) is 30.8 Å². The Labute approximate surface area is 229 Å². The van der Waals surface area contributed by atoms with Crippen LogP contribution in [0.4, 0.5) is 0 Å². The summed E-state index contributed by atoms with van der Waals surface area (Å²) in [4.78, 5) is 42.2. The fraction of sp³-hybridized carbons (Fsp3) is 0.321. The quantitative estimate of drug-likeness (QED) is 0.303. The first kappa shape index (κ1) is 26.5. The lowest BCUT2D eigenvalue weighted by Gasteiger charge is -2.31. The number of methoxy groups -OCH3 is 1. The number of carbonyl (C=O) groups is 3. The summed E-state index contributed by atoms with van der Waals surface area (Å²) in [6.07, 6.45) is 1.77. The molecule has 39 heavy (non-hydrogen) atoms. The van der Waals surface area contributed by atoms with Crippen molar-refractivity contribution in [1.29, 1.82) is 0 Å². The van der Waals surface area contributed by atoms with E-state index in [1.807, 2.05) is 41.8 Å². The van der Waals surface area contributed by atoms with Gasteiger partial charge in [-0.3, -0.25) is 9.59 Å². The average molecular weight is 548 g/mol. The second-order valence-electron chi connectivity index (χ2n) is 9.23. The summed E-state index contributed by atoms with van der Waals surface area (Å²) in [5, 5.41) is 13.3. The second kappa shape index (κ2) is 12.2. The summed E-state index contributed by atoms with van der Waals surface area (Å²) >= 11 is 1.51. The molecule has 11 heteroatoms. The highest BCUT2D eigenvalue weighted by Crippen LogP contribution is 2.27. The Morgan fingerprint density at radius 2 is 1.97 bits per heavy atom. The SMILES string of the molecule is COC(=O)c1ccc([C@H](C(=O)NC[C@H]2CCCO2)N(Cc2cccs2)C(=O)Cn2nnc3ccccc32)cc1. The molecule has 1 aliphatic heterocycles. The van der Waals surface area contributed by atoms with Gasteiger partial charge in [0, 0.05) is 18.0 Å². The van der Waals surface area contributed by atoms with Gasteiger partial charge in [-0.1, -0.05) is 35.5 Å². The molecule has 0 bridgehead atoms. The third-order valence-corrected chi connectivity index (χ3v) is 7.53. The topological polar surface area (TPSA) is 116 Å². The highest BCUT2D eigenvalue weighted by molar-refractivity contribution is 7.09. The minimum atomic E-state index is -0.956. The molecule has 2 aromatic heterocycles. The number of nitrogens with one attached hydrogen (secondary N) is 1. The zero-order valence-corrected chi connectivity index (χ0v) is 22.3. The monoisotopic (exact) mass is 547 g/mol. The standard InChI is InChI=1S/C28H29N5O5S/c1-37-28(36)20-12-10-19(11-13-20)26(27(35)29-16-21-6-4-14-38-21)32(17-22-7-5-15-39-22)25(34)18-33-24-9-3-2-8-23(24)30-31-33/h2-3,5,7-13,15,21,26H,4,6,14,16-18H2,1H3,(H,29,35)/t21-,26-/m1/s1. The van der Waals surface area contributed by atoms with E-state index >= 15 is 0 Å². The van der Waals surface area contributed by atoms with E-state index < -0.39 is 12.0 Å². The van der Waals surface area contributed by atoms with Crippen molar-refractivity contribution in [2.45, 2.75) is 38.1 Å². The van der Waals surface area contributed by atoms with Crippen LogP contribution in [0.3, 0.4) is 0 Å². The maximum atomic E-state index is 13.9. The lowest BCUT2D eigenvalue weighted by molar-refractivity contribution is -0.142. The molecule has 2 atom stereocenters. The first-order valence-corrected chi connectivity index (χ1v) is 13.6. The zero-order valence-electron chi connectivity index (χ0n) is 21.5. The lowest BCUT2D eigenvalue weighted by atomic mass is 10.0. The van der Waals surface area contributed by atoms with Crippen LogP contribution in [0, 0.1) is 0 Å². The minimum Gasteiger partial charge on any atom is -0.465 e. The number of aromatic nitrogens is 3. The van der Waals surface area contributed by atoms with Gasteiger partial charge in [0.2, 0.25) is 11.8 Å². The number of hydrogen-bond acceptors (Lipinski definition) is 8. The Morgan fingerprint density at radius 3 is 2.69 bits per heavy atom. The van der Waals surface area contributed by atoms with Crippen molar-refractivity contribution in [3.05, 3.63) is 82.0 Å². The van der Waals surface area contributed by atoms with Gasteiger partial charge in [-0.05, 0) is 54.1 Å². The Bertz CT molecular complexity index is 1430. The molecule has 1 fully saturated rings. The Hall–Kier alpha value is -4.09. The molecule has 3 heterocycles. The maximum Gasteiger partial charge on any atom is 0.337 e. The number of rotatable bonds is 10. The molecule has 2 aromatic carbocycles. The van der Waals surface area contributed by atoms with Crippen molar-refractivity contribution < 1.29 is 23.9 Å². The van der Waals surface area contributed by atoms with Crippen molar-refractivity contribution in [1.82, 2.24) is 25.2 Å². The largest absolute Gasteiger partial charge is 0.465 e. The molecule has 1 aliphatic rings. The van der Waals surface area contributed by atoms with Crippen LogP contribution in [0.25, 0.3) is 11.0 Å². The molecular formula is C28H29N5O5S. The fourth-order valence-electron chi connectivity index (χ4n) is 4.66. The van der Waals surface area contributed by atoms with Gasteiger partial charge < -0.3 is 19.7 Å². The molecule has 4 aromatic rings. The van der Waals surface area contributed by atoms with Gasteiger partial charge in [0.1, 0.15) is 18.1 Å². The summed E-state index contributed by atoms with van der Waals surface area (Å²) in [6, 6.07) is 16.8. The summed E-state index contributed by atoms with van der Waals surface area (Å²) in [7, 11) is 1.31. The molecule has 0 radical (unpaired) electrons. The van der Waals surface area contributed by atoms with Crippen LogP contribution < -0.4 is 5.32 Å². The van der Waals surface area contributed by atoms with Crippen LogP contribution in [-0.4, -0.2) is 64.0 Å². The maximum absolute atomic E-state index is 13.9. The molecule has 1 N–H and O–H groups in total. The predicted molar refractivity (Wildman–Crippen MR) is 145 cm³/mol. The molecular weight excluding hydrogens is 518 g/mol. The molecule has 10 nitrogen and oxygen atoms in total. The third kappa shape index (κ3) is 6.15. The average Bonchev–Trinajstić information content (AvgIpc) is 3.75. The first-order valence-electron chi connectivity index (χ1n) is 12.7. The Morgan fingerprint density at radius 1 is 1.15 bits per heavy atom. The second-order valence-corrected chi connectivity index (χ2v) is 10.3. The van der Waals surface area contributed by atoms with Gasteiger partial charge in [-0.15, -0.1) is 16.4 Å². The van der Waals surface area contributed by atoms with Crippen LogP contribution >= 0.6 is 11.3 Å². The van der Waals surface area contributed by atoms with E-state index in [0.29, 0.717) is 29.8 Å². The number of carbonyl (C=O) groups excluding carboxylic acids is 3. The highest BCUT2D eigenvalue weighted by atomic mass is 32.1. The van der Waals surface area contributed by atoms with E-state index in [1.54, 1.807) is 33.8 Å². The Kier molecular flexibility index (Phi) is 8.28. The van der Waals surface area contributed by atoms with E-state index in [4.69, 9.17) is 9.47 Å². The van der Waals surface area contributed by atoms with Crippen molar-refractivity contribution in [3.63, 3.8) is 0 Å². The van der Waals surface area contributed by atoms with Gasteiger partial charge in [0.15, 0.2) is 0 Å². The summed E-state index contributed by atoms with van der Waals surface area (Å²) in [6.45, 7) is 1.15. The number of thiophene rings is 1. The van der Waals surface area contributed by atoms with E-state index in [0.717, 1.165) is 23.2 Å². The molecule has 1 saturated heterocycles. The number of esters is 1. The molecule has 0 aliphatic carbocycles. The van der Waals surface area contributed by atoms with Crippen molar-refractivity contribution in [2.24, 2.45) is 0 Å². The highest BCUT2D eigenvalue weighted by Gasteiger charge is 2.33. The molecule has 0 spiro atoms. The van der Waals surface area contributed by atoms with Crippen molar-refractivity contribution in [2.75, 3.05) is 20.3 Å². The van der Waals surface area contributed by atoms with Gasteiger partial charge in [0.25, 0.3) is 0 Å². The number of benzene rings is 2.